The highest BCUT2D eigenvalue weighted by atomic mass is 16.5. The Labute approximate surface area is 117 Å². The molecule has 0 aliphatic rings. The van der Waals surface area contributed by atoms with Crippen molar-refractivity contribution in [2.24, 2.45) is 5.84 Å². The van der Waals surface area contributed by atoms with Gasteiger partial charge < -0.3 is 14.8 Å². The number of amides is 2. The SMILES string of the molecule is COc1cc(C(=O)NN)ccc1OCC(=O)NC(C)C. The predicted octanol–water partition coefficient (Wildman–Crippen LogP) is 0.202. The average Bonchev–Trinajstić information content (AvgIpc) is 2.43. The zero-order chi connectivity index (χ0) is 15.1. The number of carbonyl (C=O) groups excluding carboxylic acids is 2. The van der Waals surface area contributed by atoms with Crippen molar-refractivity contribution in [1.29, 1.82) is 0 Å². The van der Waals surface area contributed by atoms with Gasteiger partial charge in [-0.1, -0.05) is 0 Å². The number of carbonyl (C=O) groups is 2. The van der Waals surface area contributed by atoms with E-state index in [9.17, 15) is 9.59 Å². The molecule has 2 amide bonds. The van der Waals surface area contributed by atoms with Crippen molar-refractivity contribution in [3.05, 3.63) is 23.8 Å². The van der Waals surface area contributed by atoms with Gasteiger partial charge in [0.25, 0.3) is 11.8 Å². The fourth-order valence-electron chi connectivity index (χ4n) is 1.52. The number of hydrogen-bond acceptors (Lipinski definition) is 5. The van der Waals surface area contributed by atoms with Crippen LogP contribution in [0.4, 0.5) is 0 Å². The largest absolute Gasteiger partial charge is 0.493 e. The Morgan fingerprint density at radius 2 is 2.00 bits per heavy atom. The number of nitrogens with two attached hydrogens (primary N) is 1. The minimum atomic E-state index is -0.438. The Balaban J connectivity index is 2.75. The summed E-state index contributed by atoms with van der Waals surface area (Å²) in [6, 6.07) is 4.60. The van der Waals surface area contributed by atoms with E-state index in [0.717, 1.165) is 0 Å². The van der Waals surface area contributed by atoms with Crippen molar-refractivity contribution in [1.82, 2.24) is 10.7 Å². The van der Waals surface area contributed by atoms with Gasteiger partial charge in [-0.25, -0.2) is 5.84 Å². The van der Waals surface area contributed by atoms with Gasteiger partial charge in [0, 0.05) is 11.6 Å². The highest BCUT2D eigenvalue weighted by molar-refractivity contribution is 5.94. The second-order valence-electron chi connectivity index (χ2n) is 4.35. The van der Waals surface area contributed by atoms with Crippen molar-refractivity contribution in [3.63, 3.8) is 0 Å². The number of ether oxygens (including phenoxy) is 2. The van der Waals surface area contributed by atoms with Crippen LogP contribution >= 0.6 is 0 Å². The lowest BCUT2D eigenvalue weighted by atomic mass is 10.2. The van der Waals surface area contributed by atoms with Crippen molar-refractivity contribution in [2.75, 3.05) is 13.7 Å². The number of benzene rings is 1. The molecule has 7 heteroatoms. The van der Waals surface area contributed by atoms with Crippen LogP contribution in [-0.2, 0) is 4.79 Å². The molecule has 7 nitrogen and oxygen atoms in total. The zero-order valence-corrected chi connectivity index (χ0v) is 11.7. The van der Waals surface area contributed by atoms with Crippen LogP contribution in [0.5, 0.6) is 11.5 Å². The van der Waals surface area contributed by atoms with Crippen LogP contribution in [0, 0.1) is 0 Å². The first-order chi connectivity index (χ1) is 9.47. The molecule has 110 valence electrons. The third kappa shape index (κ3) is 4.43. The predicted molar refractivity (Wildman–Crippen MR) is 73.4 cm³/mol. The molecular formula is C13H19N3O4. The summed E-state index contributed by atoms with van der Waals surface area (Å²) < 4.78 is 10.5. The summed E-state index contributed by atoms with van der Waals surface area (Å²) in [5, 5.41) is 2.70. The summed E-state index contributed by atoms with van der Waals surface area (Å²) in [6.45, 7) is 3.59. The Morgan fingerprint density at radius 1 is 1.30 bits per heavy atom. The topological polar surface area (TPSA) is 103 Å². The molecule has 0 radical (unpaired) electrons. The molecule has 0 fully saturated rings. The standard InChI is InChI=1S/C13H19N3O4/c1-8(2)15-12(17)7-20-10-5-4-9(13(18)16-14)6-11(10)19-3/h4-6,8H,7,14H2,1-3H3,(H,15,17)(H,16,18). The molecule has 0 atom stereocenters. The quantitative estimate of drug-likeness (QED) is 0.393. The van der Waals surface area contributed by atoms with E-state index in [2.05, 4.69) is 5.32 Å². The fourth-order valence-corrected chi connectivity index (χ4v) is 1.52. The molecule has 0 spiro atoms. The van der Waals surface area contributed by atoms with E-state index < -0.39 is 5.91 Å². The smallest absolute Gasteiger partial charge is 0.265 e. The van der Waals surface area contributed by atoms with Crippen molar-refractivity contribution < 1.29 is 19.1 Å². The summed E-state index contributed by atoms with van der Waals surface area (Å²) in [7, 11) is 1.44. The van der Waals surface area contributed by atoms with Crippen molar-refractivity contribution in [3.8, 4) is 11.5 Å². The summed E-state index contributed by atoms with van der Waals surface area (Å²) >= 11 is 0. The van der Waals surface area contributed by atoms with Gasteiger partial charge in [0.05, 0.1) is 7.11 Å². The van der Waals surface area contributed by atoms with Gasteiger partial charge in [0.2, 0.25) is 0 Å². The van der Waals surface area contributed by atoms with Gasteiger partial charge >= 0.3 is 0 Å². The molecule has 0 aliphatic carbocycles. The fraction of sp³-hybridized carbons (Fsp3) is 0.385. The lowest BCUT2D eigenvalue weighted by Crippen LogP contribution is -2.34. The Hall–Kier alpha value is -2.28. The third-order valence-electron chi connectivity index (χ3n) is 2.37. The molecule has 0 unspecified atom stereocenters. The van der Waals surface area contributed by atoms with Gasteiger partial charge in [0.1, 0.15) is 0 Å². The summed E-state index contributed by atoms with van der Waals surface area (Å²) in [5.74, 6) is 5.11. The van der Waals surface area contributed by atoms with Crippen LogP contribution in [-0.4, -0.2) is 31.6 Å². The van der Waals surface area contributed by atoms with Crippen LogP contribution in [0.25, 0.3) is 0 Å². The molecule has 1 rings (SSSR count). The van der Waals surface area contributed by atoms with Crippen LogP contribution in [0.2, 0.25) is 0 Å². The van der Waals surface area contributed by atoms with Gasteiger partial charge in [-0.3, -0.25) is 15.0 Å². The lowest BCUT2D eigenvalue weighted by Gasteiger charge is -2.13. The monoisotopic (exact) mass is 281 g/mol. The molecule has 1 aromatic rings. The summed E-state index contributed by atoms with van der Waals surface area (Å²) in [4.78, 5) is 22.9. The van der Waals surface area contributed by atoms with Gasteiger partial charge in [0.15, 0.2) is 18.1 Å². The second kappa shape index (κ2) is 7.34. The zero-order valence-electron chi connectivity index (χ0n) is 11.7. The maximum Gasteiger partial charge on any atom is 0.265 e. The van der Waals surface area contributed by atoms with E-state index >= 15 is 0 Å². The minimum Gasteiger partial charge on any atom is -0.493 e. The van der Waals surface area contributed by atoms with E-state index in [0.29, 0.717) is 17.1 Å². The van der Waals surface area contributed by atoms with E-state index in [-0.39, 0.29) is 18.6 Å². The van der Waals surface area contributed by atoms with Gasteiger partial charge in [-0.2, -0.15) is 0 Å². The molecule has 0 aromatic heterocycles. The van der Waals surface area contributed by atoms with Crippen LogP contribution in [0.3, 0.4) is 0 Å². The molecule has 20 heavy (non-hydrogen) atoms. The van der Waals surface area contributed by atoms with E-state index in [1.165, 1.54) is 19.2 Å². The van der Waals surface area contributed by atoms with Crippen LogP contribution < -0.4 is 26.1 Å². The van der Waals surface area contributed by atoms with E-state index in [4.69, 9.17) is 15.3 Å². The van der Waals surface area contributed by atoms with Crippen LogP contribution in [0.15, 0.2) is 18.2 Å². The molecular weight excluding hydrogens is 262 g/mol. The number of hydrogen-bond donors (Lipinski definition) is 3. The highest BCUT2D eigenvalue weighted by Gasteiger charge is 2.12. The number of rotatable bonds is 6. The maximum absolute atomic E-state index is 11.5. The average molecular weight is 281 g/mol. The molecule has 1 aromatic carbocycles. The molecule has 0 aliphatic heterocycles. The Kier molecular flexibility index (Phi) is 5.79. The highest BCUT2D eigenvalue weighted by Crippen LogP contribution is 2.27. The Bertz CT molecular complexity index is 489. The first-order valence-corrected chi connectivity index (χ1v) is 6.09. The number of methoxy groups -OCH3 is 1. The van der Waals surface area contributed by atoms with E-state index in [1.807, 2.05) is 19.3 Å². The summed E-state index contributed by atoms with van der Waals surface area (Å²) in [6.07, 6.45) is 0. The number of hydrazine groups is 1. The number of nitrogens with one attached hydrogen (secondary N) is 2. The maximum atomic E-state index is 11.5. The van der Waals surface area contributed by atoms with E-state index in [1.54, 1.807) is 6.07 Å². The molecule has 0 bridgehead atoms. The molecule has 0 heterocycles. The third-order valence-corrected chi connectivity index (χ3v) is 2.37. The first kappa shape index (κ1) is 15.8. The summed E-state index contributed by atoms with van der Waals surface area (Å²) in [5.41, 5.74) is 2.36. The minimum absolute atomic E-state index is 0.0450. The normalized spacial score (nSPS) is 10.1. The van der Waals surface area contributed by atoms with Crippen molar-refractivity contribution >= 4 is 11.8 Å². The lowest BCUT2D eigenvalue weighted by molar-refractivity contribution is -0.123. The van der Waals surface area contributed by atoms with Crippen LogP contribution in [0.1, 0.15) is 24.2 Å². The number of nitrogen functional groups attached to an aromatic ring is 1. The second-order valence-corrected chi connectivity index (χ2v) is 4.35. The van der Waals surface area contributed by atoms with Gasteiger partial charge in [-0.05, 0) is 32.0 Å². The first-order valence-electron chi connectivity index (χ1n) is 6.09. The molecule has 0 saturated heterocycles. The molecule has 4 N–H and O–H groups in total. The molecule has 0 saturated carbocycles. The Morgan fingerprint density at radius 3 is 2.55 bits per heavy atom. The van der Waals surface area contributed by atoms with Gasteiger partial charge in [-0.15, -0.1) is 0 Å². The van der Waals surface area contributed by atoms with Crippen molar-refractivity contribution in [2.45, 2.75) is 19.9 Å².